The first kappa shape index (κ1) is 22.2. The number of nitrogens with one attached hydrogen (secondary N) is 1. The minimum atomic E-state index is -4.60. The Balaban J connectivity index is 1.21. The van der Waals surface area contributed by atoms with Crippen molar-refractivity contribution in [3.8, 4) is 0 Å². The predicted octanol–water partition coefficient (Wildman–Crippen LogP) is 4.19. The summed E-state index contributed by atoms with van der Waals surface area (Å²) in [5, 5.41) is 3.33. The number of hydrogen-bond donors (Lipinski definition) is 1. The summed E-state index contributed by atoms with van der Waals surface area (Å²) in [7, 11) is -4.03. The third-order valence-electron chi connectivity index (χ3n) is 7.96. The molecule has 1 saturated heterocycles. The first-order valence-electron chi connectivity index (χ1n) is 11.5. The number of benzene rings is 1. The monoisotopic (exact) mass is 470 g/mol. The van der Waals surface area contributed by atoms with Crippen molar-refractivity contribution in [2.45, 2.75) is 68.0 Å². The van der Waals surface area contributed by atoms with Gasteiger partial charge in [0.25, 0.3) is 0 Å². The summed E-state index contributed by atoms with van der Waals surface area (Å²) in [6.07, 6.45) is 3.25. The molecule has 32 heavy (non-hydrogen) atoms. The van der Waals surface area contributed by atoms with Crippen LogP contribution in [0.15, 0.2) is 29.2 Å². The Hall–Kier alpha value is -1.61. The van der Waals surface area contributed by atoms with Gasteiger partial charge in [-0.1, -0.05) is 6.07 Å². The SMILES string of the molecule is O=C(CC1CCN(S(=O)(=O)c2cccc(C(F)(F)F)c2)C1)NC12CC3CC(CC(C3)C1)C2. The number of sulfonamides is 1. The van der Waals surface area contributed by atoms with Gasteiger partial charge in [0, 0.05) is 25.0 Å². The van der Waals surface area contributed by atoms with Gasteiger partial charge in [-0.2, -0.15) is 17.5 Å². The van der Waals surface area contributed by atoms with E-state index in [0.29, 0.717) is 12.5 Å². The highest BCUT2D eigenvalue weighted by atomic mass is 32.2. The van der Waals surface area contributed by atoms with Gasteiger partial charge in [-0.15, -0.1) is 0 Å². The molecule has 1 atom stereocenters. The van der Waals surface area contributed by atoms with Crippen molar-refractivity contribution in [2.75, 3.05) is 13.1 Å². The molecule has 0 radical (unpaired) electrons. The lowest BCUT2D eigenvalue weighted by atomic mass is 9.53. The van der Waals surface area contributed by atoms with Crippen LogP contribution < -0.4 is 5.32 Å². The molecule has 0 aromatic heterocycles. The molecule has 4 bridgehead atoms. The van der Waals surface area contributed by atoms with Gasteiger partial charge in [-0.05, 0) is 86.8 Å². The molecular weight excluding hydrogens is 441 g/mol. The van der Waals surface area contributed by atoms with Crippen LogP contribution in [-0.4, -0.2) is 37.3 Å². The number of nitrogens with zero attached hydrogens (tertiary/aromatic N) is 1. The van der Waals surface area contributed by atoms with E-state index in [2.05, 4.69) is 5.32 Å². The molecule has 0 spiro atoms. The van der Waals surface area contributed by atoms with Crippen molar-refractivity contribution < 1.29 is 26.4 Å². The summed E-state index contributed by atoms with van der Waals surface area (Å²) in [5.74, 6) is 2.03. The Morgan fingerprint density at radius 2 is 1.72 bits per heavy atom. The average molecular weight is 471 g/mol. The Labute approximate surface area is 186 Å². The van der Waals surface area contributed by atoms with Crippen LogP contribution in [0.2, 0.25) is 0 Å². The molecular formula is C23H29F3N2O3S. The minimum absolute atomic E-state index is 0.0183. The summed E-state index contributed by atoms with van der Waals surface area (Å²) >= 11 is 0. The zero-order chi connectivity index (χ0) is 22.7. The van der Waals surface area contributed by atoms with Crippen LogP contribution in [0.1, 0.15) is 56.9 Å². The molecule has 4 saturated carbocycles. The van der Waals surface area contributed by atoms with Gasteiger partial charge >= 0.3 is 6.18 Å². The lowest BCUT2D eigenvalue weighted by molar-refractivity contribution is -0.137. The minimum Gasteiger partial charge on any atom is -0.351 e. The molecule has 1 aromatic carbocycles. The van der Waals surface area contributed by atoms with Crippen LogP contribution in [-0.2, 0) is 21.0 Å². The highest BCUT2D eigenvalue weighted by Gasteiger charge is 2.51. The van der Waals surface area contributed by atoms with E-state index in [1.165, 1.54) is 29.6 Å². The molecule has 1 heterocycles. The summed E-state index contributed by atoms with van der Waals surface area (Å²) < 4.78 is 66.0. The maximum atomic E-state index is 13.0. The zero-order valence-corrected chi connectivity index (χ0v) is 18.7. The fraction of sp³-hybridized carbons (Fsp3) is 0.696. The summed E-state index contributed by atoms with van der Waals surface area (Å²) in [4.78, 5) is 12.5. The molecule has 6 rings (SSSR count). The lowest BCUT2D eigenvalue weighted by Crippen LogP contribution is -2.60. The van der Waals surface area contributed by atoms with Crippen molar-refractivity contribution >= 4 is 15.9 Å². The predicted molar refractivity (Wildman–Crippen MR) is 112 cm³/mol. The van der Waals surface area contributed by atoms with Gasteiger partial charge in [0.2, 0.25) is 15.9 Å². The number of rotatable bonds is 5. The van der Waals surface area contributed by atoms with Crippen LogP contribution >= 0.6 is 0 Å². The quantitative estimate of drug-likeness (QED) is 0.702. The van der Waals surface area contributed by atoms with Gasteiger partial charge in [-0.25, -0.2) is 8.42 Å². The second kappa shape index (κ2) is 7.72. The van der Waals surface area contributed by atoms with Crippen LogP contribution in [0.5, 0.6) is 0 Å². The summed E-state index contributed by atoms with van der Waals surface area (Å²) in [5.41, 5.74) is -1.06. The number of amides is 1. The van der Waals surface area contributed by atoms with Crippen molar-refractivity contribution in [3.63, 3.8) is 0 Å². The van der Waals surface area contributed by atoms with Gasteiger partial charge in [0.15, 0.2) is 0 Å². The third-order valence-corrected chi connectivity index (χ3v) is 9.83. The molecule has 5 fully saturated rings. The number of alkyl halides is 3. The van der Waals surface area contributed by atoms with Crippen LogP contribution in [0, 0.1) is 23.7 Å². The van der Waals surface area contributed by atoms with E-state index in [4.69, 9.17) is 0 Å². The fourth-order valence-electron chi connectivity index (χ4n) is 7.04. The van der Waals surface area contributed by atoms with Crippen LogP contribution in [0.25, 0.3) is 0 Å². The van der Waals surface area contributed by atoms with E-state index in [1.54, 1.807) is 0 Å². The normalized spacial score (nSPS) is 34.7. The van der Waals surface area contributed by atoms with Crippen molar-refractivity contribution in [1.82, 2.24) is 9.62 Å². The van der Waals surface area contributed by atoms with Crippen molar-refractivity contribution in [3.05, 3.63) is 29.8 Å². The van der Waals surface area contributed by atoms with Crippen molar-refractivity contribution in [1.29, 1.82) is 0 Å². The molecule has 176 valence electrons. The molecule has 1 amide bonds. The fourth-order valence-corrected chi connectivity index (χ4v) is 8.61. The molecule has 4 aliphatic carbocycles. The molecule has 9 heteroatoms. The van der Waals surface area contributed by atoms with Gasteiger partial charge in [0.1, 0.15) is 0 Å². The molecule has 5 aliphatic rings. The number of hydrogen-bond acceptors (Lipinski definition) is 3. The van der Waals surface area contributed by atoms with E-state index in [-0.39, 0.29) is 41.8 Å². The van der Waals surface area contributed by atoms with Crippen molar-refractivity contribution in [2.24, 2.45) is 23.7 Å². The Morgan fingerprint density at radius 3 is 2.31 bits per heavy atom. The standard InChI is InChI=1S/C23H29F3N2O3S/c24-23(25,26)19-2-1-3-20(10-19)32(30,31)28-5-4-15(14-28)9-21(29)27-22-11-16-6-17(12-22)8-18(7-16)13-22/h1-3,10,15-18H,4-9,11-14H2,(H,27,29). The Kier molecular flexibility index (Phi) is 5.36. The number of halogens is 3. The van der Waals surface area contributed by atoms with E-state index < -0.39 is 21.8 Å². The Morgan fingerprint density at radius 1 is 1.09 bits per heavy atom. The first-order chi connectivity index (χ1) is 15.0. The topological polar surface area (TPSA) is 66.5 Å². The van der Waals surface area contributed by atoms with E-state index in [9.17, 15) is 26.4 Å². The highest BCUT2D eigenvalue weighted by molar-refractivity contribution is 7.89. The largest absolute Gasteiger partial charge is 0.416 e. The molecule has 1 unspecified atom stereocenters. The maximum absolute atomic E-state index is 13.0. The molecule has 5 nitrogen and oxygen atoms in total. The van der Waals surface area contributed by atoms with Crippen LogP contribution in [0.4, 0.5) is 13.2 Å². The van der Waals surface area contributed by atoms with E-state index >= 15 is 0 Å². The van der Waals surface area contributed by atoms with Crippen LogP contribution in [0.3, 0.4) is 0 Å². The Bertz CT molecular complexity index is 973. The van der Waals surface area contributed by atoms with Gasteiger partial charge < -0.3 is 5.32 Å². The summed E-state index contributed by atoms with van der Waals surface area (Å²) in [6, 6.07) is 3.85. The summed E-state index contributed by atoms with van der Waals surface area (Å²) in [6.45, 7) is 0.376. The second-order valence-electron chi connectivity index (χ2n) is 10.5. The molecule has 1 N–H and O–H groups in total. The average Bonchev–Trinajstić information content (AvgIpc) is 3.15. The third kappa shape index (κ3) is 4.18. The zero-order valence-electron chi connectivity index (χ0n) is 17.9. The molecule has 1 aromatic rings. The van der Waals surface area contributed by atoms with E-state index in [1.807, 2.05) is 0 Å². The number of carbonyl (C=O) groups is 1. The first-order valence-corrected chi connectivity index (χ1v) is 12.9. The maximum Gasteiger partial charge on any atom is 0.416 e. The number of carbonyl (C=O) groups excluding carboxylic acids is 1. The van der Waals surface area contributed by atoms with E-state index in [0.717, 1.165) is 49.1 Å². The molecule has 1 aliphatic heterocycles. The second-order valence-corrected chi connectivity index (χ2v) is 12.4. The van der Waals surface area contributed by atoms with Gasteiger partial charge in [-0.3, -0.25) is 4.79 Å². The smallest absolute Gasteiger partial charge is 0.351 e. The van der Waals surface area contributed by atoms with Gasteiger partial charge in [0.05, 0.1) is 10.5 Å². The lowest BCUT2D eigenvalue weighted by Gasteiger charge is -2.57. The highest BCUT2D eigenvalue weighted by Crippen LogP contribution is 2.55.